The molecular weight excluding hydrogens is 294 g/mol. The molecule has 3 rings (SSSR count). The van der Waals surface area contributed by atoms with E-state index in [2.05, 4.69) is 26.4 Å². The Balaban J connectivity index is 1.70. The molecule has 0 atom stereocenters. The molecule has 0 aliphatic carbocycles. The number of benzene rings is 1. The molecule has 0 fully saturated rings. The van der Waals surface area contributed by atoms with Crippen molar-refractivity contribution < 1.29 is 0 Å². The maximum atomic E-state index is 4.41. The van der Waals surface area contributed by atoms with Gasteiger partial charge in [-0.25, -0.2) is 4.68 Å². The van der Waals surface area contributed by atoms with Crippen LogP contribution in [-0.4, -0.2) is 24.5 Å². The molecule has 0 amide bonds. The average molecular weight is 311 g/mol. The minimum Gasteiger partial charge on any atom is -0.302 e. The van der Waals surface area contributed by atoms with Gasteiger partial charge in [-0.05, 0) is 19.1 Å². The predicted octanol–water partition coefficient (Wildman–Crippen LogP) is 3.25. The van der Waals surface area contributed by atoms with E-state index in [-0.39, 0.29) is 0 Å². The van der Waals surface area contributed by atoms with Crippen molar-refractivity contribution in [2.45, 2.75) is 24.4 Å². The topological polar surface area (TPSA) is 48.5 Å². The van der Waals surface area contributed by atoms with E-state index in [9.17, 15) is 0 Å². The van der Waals surface area contributed by atoms with E-state index in [1.807, 2.05) is 60.4 Å². The number of rotatable bonds is 6. The summed E-state index contributed by atoms with van der Waals surface area (Å²) in [6.45, 7) is 6.45. The molecule has 6 heteroatoms. The van der Waals surface area contributed by atoms with Crippen molar-refractivity contribution >= 4 is 11.8 Å². The molecule has 1 aromatic carbocycles. The van der Waals surface area contributed by atoms with Crippen molar-refractivity contribution in [1.29, 1.82) is 0 Å². The van der Waals surface area contributed by atoms with Crippen LogP contribution in [0.3, 0.4) is 0 Å². The van der Waals surface area contributed by atoms with Crippen LogP contribution in [0, 0.1) is 6.92 Å². The van der Waals surface area contributed by atoms with Gasteiger partial charge in [-0.15, -0.1) is 16.8 Å². The fourth-order valence-corrected chi connectivity index (χ4v) is 3.02. The van der Waals surface area contributed by atoms with Crippen molar-refractivity contribution in [1.82, 2.24) is 24.5 Å². The zero-order valence-corrected chi connectivity index (χ0v) is 13.2. The Hall–Kier alpha value is -2.34. The summed E-state index contributed by atoms with van der Waals surface area (Å²) >= 11 is 1.66. The number of hydrogen-bond acceptors (Lipinski definition) is 4. The molecule has 112 valence electrons. The molecule has 0 N–H and O–H groups in total. The Labute approximate surface area is 133 Å². The highest BCUT2D eigenvalue weighted by atomic mass is 32.2. The number of hydrogen-bond donors (Lipinski definition) is 0. The van der Waals surface area contributed by atoms with Gasteiger partial charge in [0.1, 0.15) is 5.82 Å². The number of aryl methyl sites for hydroxylation is 1. The largest absolute Gasteiger partial charge is 0.302 e. The maximum Gasteiger partial charge on any atom is 0.191 e. The van der Waals surface area contributed by atoms with E-state index in [1.54, 1.807) is 11.8 Å². The minimum atomic E-state index is 0.727. The van der Waals surface area contributed by atoms with Gasteiger partial charge in [0.15, 0.2) is 5.16 Å². The second kappa shape index (κ2) is 6.62. The Bertz CT molecular complexity index is 760. The van der Waals surface area contributed by atoms with Crippen LogP contribution in [-0.2, 0) is 12.3 Å². The average Bonchev–Trinajstić information content (AvgIpc) is 3.15. The Morgan fingerprint density at radius 1 is 1.23 bits per heavy atom. The summed E-state index contributed by atoms with van der Waals surface area (Å²) in [6.07, 6.45) is 5.79. The Morgan fingerprint density at radius 2 is 2.05 bits per heavy atom. The van der Waals surface area contributed by atoms with Gasteiger partial charge in [-0.2, -0.15) is 5.10 Å². The van der Waals surface area contributed by atoms with Gasteiger partial charge in [0.2, 0.25) is 0 Å². The third-order valence-electron chi connectivity index (χ3n) is 3.24. The summed E-state index contributed by atoms with van der Waals surface area (Å²) in [7, 11) is 0. The minimum absolute atomic E-state index is 0.727. The number of thioether (sulfide) groups is 1. The highest BCUT2D eigenvalue weighted by Gasteiger charge is 2.09. The van der Waals surface area contributed by atoms with Crippen LogP contribution in [0.4, 0.5) is 0 Å². The van der Waals surface area contributed by atoms with Crippen molar-refractivity contribution in [3.63, 3.8) is 0 Å². The number of allylic oxidation sites excluding steroid dienone is 1. The standard InChI is InChI=1S/C16H17N5S/c1-3-9-20-13(2)18-19-16(20)22-12-14-10-17-21(11-14)15-7-5-4-6-8-15/h3-8,10-11H,1,9,12H2,2H3. The van der Waals surface area contributed by atoms with Gasteiger partial charge in [-0.1, -0.05) is 36.0 Å². The van der Waals surface area contributed by atoms with Crippen LogP contribution >= 0.6 is 11.8 Å². The van der Waals surface area contributed by atoms with Gasteiger partial charge in [0.25, 0.3) is 0 Å². The molecule has 0 saturated heterocycles. The van der Waals surface area contributed by atoms with Gasteiger partial charge in [-0.3, -0.25) is 0 Å². The number of aromatic nitrogens is 5. The number of nitrogens with zero attached hydrogens (tertiary/aromatic N) is 5. The summed E-state index contributed by atoms with van der Waals surface area (Å²) in [5, 5.41) is 13.7. The van der Waals surface area contributed by atoms with Crippen LogP contribution in [0.5, 0.6) is 0 Å². The monoisotopic (exact) mass is 311 g/mol. The molecule has 0 spiro atoms. The summed E-state index contributed by atoms with van der Waals surface area (Å²) in [5.41, 5.74) is 2.21. The van der Waals surface area contributed by atoms with Crippen LogP contribution in [0.25, 0.3) is 5.69 Å². The van der Waals surface area contributed by atoms with Gasteiger partial charge in [0.05, 0.1) is 11.9 Å². The molecule has 2 aromatic heterocycles. The summed E-state index contributed by atoms with van der Waals surface area (Å²) in [4.78, 5) is 0. The molecule has 0 bridgehead atoms. The van der Waals surface area contributed by atoms with Crippen LogP contribution in [0.1, 0.15) is 11.4 Å². The second-order valence-corrected chi connectivity index (χ2v) is 5.79. The fraction of sp³-hybridized carbons (Fsp3) is 0.188. The normalized spacial score (nSPS) is 10.8. The maximum absolute atomic E-state index is 4.41. The molecule has 0 aliphatic rings. The van der Waals surface area contributed by atoms with E-state index in [4.69, 9.17) is 0 Å². The Kier molecular flexibility index (Phi) is 4.39. The lowest BCUT2D eigenvalue weighted by Gasteiger charge is -2.04. The lowest BCUT2D eigenvalue weighted by molar-refractivity contribution is 0.703. The van der Waals surface area contributed by atoms with E-state index in [0.29, 0.717) is 0 Å². The quantitative estimate of drug-likeness (QED) is 0.518. The lowest BCUT2D eigenvalue weighted by atomic mass is 10.3. The van der Waals surface area contributed by atoms with Crippen molar-refractivity contribution in [3.8, 4) is 5.69 Å². The first-order valence-electron chi connectivity index (χ1n) is 7.00. The molecule has 0 aliphatic heterocycles. The Morgan fingerprint density at radius 3 is 2.82 bits per heavy atom. The molecule has 0 radical (unpaired) electrons. The first kappa shape index (κ1) is 14.6. The highest BCUT2D eigenvalue weighted by molar-refractivity contribution is 7.98. The molecule has 3 aromatic rings. The second-order valence-electron chi connectivity index (χ2n) is 4.85. The zero-order valence-electron chi connectivity index (χ0n) is 12.4. The third kappa shape index (κ3) is 3.12. The van der Waals surface area contributed by atoms with Gasteiger partial charge < -0.3 is 4.57 Å². The predicted molar refractivity (Wildman–Crippen MR) is 88.1 cm³/mol. The smallest absolute Gasteiger partial charge is 0.191 e. The van der Waals surface area contributed by atoms with E-state index < -0.39 is 0 Å². The third-order valence-corrected chi connectivity index (χ3v) is 4.28. The molecule has 5 nitrogen and oxygen atoms in total. The van der Waals surface area contributed by atoms with Gasteiger partial charge in [0, 0.05) is 24.1 Å². The van der Waals surface area contributed by atoms with Crippen molar-refractivity contribution in [3.05, 3.63) is 66.8 Å². The SMILES string of the molecule is C=CCn1c(C)nnc1SCc1cnn(-c2ccccc2)c1. The van der Waals surface area contributed by atoms with Crippen LogP contribution in [0.2, 0.25) is 0 Å². The molecule has 22 heavy (non-hydrogen) atoms. The first-order chi connectivity index (χ1) is 10.8. The lowest BCUT2D eigenvalue weighted by Crippen LogP contribution is -1.99. The molecular formula is C16H17N5S. The molecule has 0 unspecified atom stereocenters. The molecule has 2 heterocycles. The number of para-hydroxylation sites is 1. The van der Waals surface area contributed by atoms with E-state index in [0.717, 1.165) is 34.5 Å². The van der Waals surface area contributed by atoms with Crippen molar-refractivity contribution in [2.24, 2.45) is 0 Å². The van der Waals surface area contributed by atoms with Crippen LogP contribution < -0.4 is 0 Å². The first-order valence-corrected chi connectivity index (χ1v) is 7.99. The van der Waals surface area contributed by atoms with Crippen molar-refractivity contribution in [2.75, 3.05) is 0 Å². The van der Waals surface area contributed by atoms with E-state index >= 15 is 0 Å². The zero-order chi connectivity index (χ0) is 15.4. The fourth-order valence-electron chi connectivity index (χ4n) is 2.11. The van der Waals surface area contributed by atoms with Crippen LogP contribution in [0.15, 0.2) is 60.5 Å². The molecule has 0 saturated carbocycles. The summed E-state index contributed by atoms with van der Waals surface area (Å²) in [5.74, 6) is 1.71. The summed E-state index contributed by atoms with van der Waals surface area (Å²) < 4.78 is 3.94. The van der Waals surface area contributed by atoms with Gasteiger partial charge >= 0.3 is 0 Å². The summed E-state index contributed by atoms with van der Waals surface area (Å²) in [6, 6.07) is 10.1. The van der Waals surface area contributed by atoms with E-state index in [1.165, 1.54) is 0 Å². The highest BCUT2D eigenvalue weighted by Crippen LogP contribution is 2.22.